The Kier molecular flexibility index (Phi) is 3.37. The number of hydrogen-bond acceptors (Lipinski definition) is 5. The van der Waals surface area contributed by atoms with Crippen LogP contribution in [0.5, 0.6) is 0 Å². The van der Waals surface area contributed by atoms with Gasteiger partial charge in [0.15, 0.2) is 5.69 Å². The Balaban J connectivity index is 2.72. The summed E-state index contributed by atoms with van der Waals surface area (Å²) >= 11 is 0. The molecule has 0 spiro atoms. The number of anilines is 1. The third kappa shape index (κ3) is 2.49. The van der Waals surface area contributed by atoms with Gasteiger partial charge in [-0.3, -0.25) is 10.1 Å². The Hall–Kier alpha value is -2.57. The van der Waals surface area contributed by atoms with Crippen LogP contribution in [-0.2, 0) is 0 Å². The smallest absolute Gasteiger partial charge is 0.316 e. The van der Waals surface area contributed by atoms with Crippen LogP contribution >= 0.6 is 0 Å². The van der Waals surface area contributed by atoms with E-state index in [-0.39, 0.29) is 23.0 Å². The van der Waals surface area contributed by atoms with Gasteiger partial charge in [0.1, 0.15) is 11.5 Å². The predicted molar refractivity (Wildman–Crippen MR) is 68.4 cm³/mol. The van der Waals surface area contributed by atoms with Crippen molar-refractivity contribution in [1.82, 2.24) is 9.97 Å². The van der Waals surface area contributed by atoms with Crippen molar-refractivity contribution >= 4 is 11.6 Å². The van der Waals surface area contributed by atoms with Crippen LogP contribution < -0.4 is 5.32 Å². The minimum absolute atomic E-state index is 0.0985. The average molecular weight is 262 g/mol. The number of nitrogens with zero attached hydrogens (tertiary/aromatic N) is 3. The summed E-state index contributed by atoms with van der Waals surface area (Å²) in [5, 5.41) is 13.8. The van der Waals surface area contributed by atoms with Gasteiger partial charge in [0.25, 0.3) is 0 Å². The number of nitro groups is 1. The van der Waals surface area contributed by atoms with Crippen molar-refractivity contribution in [3.63, 3.8) is 0 Å². The van der Waals surface area contributed by atoms with Gasteiger partial charge < -0.3 is 5.32 Å². The molecule has 0 bridgehead atoms. The van der Waals surface area contributed by atoms with Crippen LogP contribution in [0.3, 0.4) is 0 Å². The highest BCUT2D eigenvalue weighted by molar-refractivity contribution is 5.71. The largest absolute Gasteiger partial charge is 0.357 e. The molecule has 0 aliphatic heterocycles. The third-order valence-electron chi connectivity index (χ3n) is 2.56. The second kappa shape index (κ2) is 4.97. The summed E-state index contributed by atoms with van der Waals surface area (Å²) in [6.07, 6.45) is 0. The first kappa shape index (κ1) is 12.9. The van der Waals surface area contributed by atoms with Gasteiger partial charge in [-0.25, -0.2) is 14.4 Å². The highest BCUT2D eigenvalue weighted by Gasteiger charge is 2.23. The standard InChI is InChI=1S/C12H11FN4O2/c1-7-11(17(18)19)10(16-12(14-2)15-7)8-4-3-5-9(13)6-8/h3-6H,1-2H3,(H,14,15,16). The van der Waals surface area contributed by atoms with Crippen molar-refractivity contribution in [3.05, 3.63) is 45.9 Å². The first-order chi connectivity index (χ1) is 9.02. The molecule has 2 aromatic rings. The molecule has 1 aromatic heterocycles. The molecule has 0 fully saturated rings. The zero-order valence-electron chi connectivity index (χ0n) is 10.3. The second-order valence-electron chi connectivity index (χ2n) is 3.85. The monoisotopic (exact) mass is 262 g/mol. The van der Waals surface area contributed by atoms with E-state index in [0.29, 0.717) is 5.56 Å². The molecule has 0 atom stereocenters. The number of aromatic nitrogens is 2. The van der Waals surface area contributed by atoms with Crippen LogP contribution in [0.4, 0.5) is 16.0 Å². The van der Waals surface area contributed by atoms with Crippen molar-refractivity contribution in [2.45, 2.75) is 6.92 Å². The topological polar surface area (TPSA) is 81.0 Å². The first-order valence-corrected chi connectivity index (χ1v) is 5.49. The maximum atomic E-state index is 13.2. The second-order valence-corrected chi connectivity index (χ2v) is 3.85. The summed E-state index contributed by atoms with van der Waals surface area (Å²) < 4.78 is 13.2. The van der Waals surface area contributed by atoms with E-state index < -0.39 is 10.7 Å². The maximum Gasteiger partial charge on any atom is 0.316 e. The van der Waals surface area contributed by atoms with Gasteiger partial charge in [-0.1, -0.05) is 12.1 Å². The van der Waals surface area contributed by atoms with Crippen molar-refractivity contribution in [1.29, 1.82) is 0 Å². The molecule has 2 rings (SSSR count). The molecule has 0 saturated carbocycles. The molecule has 7 heteroatoms. The number of halogens is 1. The van der Waals surface area contributed by atoms with Crippen molar-refractivity contribution in [2.24, 2.45) is 0 Å². The molecular weight excluding hydrogens is 251 g/mol. The number of nitrogens with one attached hydrogen (secondary N) is 1. The Morgan fingerprint density at radius 1 is 1.37 bits per heavy atom. The van der Waals surface area contributed by atoms with E-state index in [1.807, 2.05) is 0 Å². The molecule has 19 heavy (non-hydrogen) atoms. The molecule has 0 aliphatic carbocycles. The van der Waals surface area contributed by atoms with Crippen molar-refractivity contribution < 1.29 is 9.31 Å². The number of benzene rings is 1. The normalized spacial score (nSPS) is 10.3. The van der Waals surface area contributed by atoms with E-state index in [4.69, 9.17) is 0 Å². The lowest BCUT2D eigenvalue weighted by Gasteiger charge is -2.07. The number of rotatable bonds is 3. The summed E-state index contributed by atoms with van der Waals surface area (Å²) in [5.41, 5.74) is 0.447. The summed E-state index contributed by atoms with van der Waals surface area (Å²) in [4.78, 5) is 18.6. The summed E-state index contributed by atoms with van der Waals surface area (Å²) in [6, 6.07) is 5.51. The maximum absolute atomic E-state index is 13.2. The van der Waals surface area contributed by atoms with Gasteiger partial charge in [0.2, 0.25) is 5.95 Å². The zero-order valence-corrected chi connectivity index (χ0v) is 10.3. The fraction of sp³-hybridized carbons (Fsp3) is 0.167. The van der Waals surface area contributed by atoms with E-state index in [2.05, 4.69) is 15.3 Å². The molecule has 0 aliphatic rings. The van der Waals surface area contributed by atoms with E-state index in [0.717, 1.165) is 0 Å². The summed E-state index contributed by atoms with van der Waals surface area (Å²) in [6.45, 7) is 1.52. The molecule has 0 unspecified atom stereocenters. The fourth-order valence-corrected chi connectivity index (χ4v) is 1.73. The molecular formula is C12H11FN4O2. The van der Waals surface area contributed by atoms with Crippen LogP contribution in [-0.4, -0.2) is 21.9 Å². The van der Waals surface area contributed by atoms with Crippen LogP contribution in [0.15, 0.2) is 24.3 Å². The van der Waals surface area contributed by atoms with E-state index >= 15 is 0 Å². The zero-order chi connectivity index (χ0) is 14.0. The highest BCUT2D eigenvalue weighted by Crippen LogP contribution is 2.31. The van der Waals surface area contributed by atoms with Crippen LogP contribution in [0.2, 0.25) is 0 Å². The Bertz CT molecular complexity index is 646. The van der Waals surface area contributed by atoms with E-state index in [1.165, 1.54) is 25.1 Å². The van der Waals surface area contributed by atoms with Gasteiger partial charge in [0.05, 0.1) is 4.92 Å². The summed E-state index contributed by atoms with van der Waals surface area (Å²) in [5.74, 6) is -0.226. The van der Waals surface area contributed by atoms with Gasteiger partial charge in [-0.2, -0.15) is 0 Å². The average Bonchev–Trinajstić information content (AvgIpc) is 2.37. The lowest BCUT2D eigenvalue weighted by atomic mass is 10.1. The Labute approximate surface area is 108 Å². The SMILES string of the molecule is CNc1nc(C)c([N+](=O)[O-])c(-c2cccc(F)c2)n1. The minimum atomic E-state index is -0.561. The minimum Gasteiger partial charge on any atom is -0.357 e. The highest BCUT2D eigenvalue weighted by atomic mass is 19.1. The van der Waals surface area contributed by atoms with Crippen LogP contribution in [0, 0.1) is 22.9 Å². The predicted octanol–water partition coefficient (Wildman–Crippen LogP) is 2.54. The number of aryl methyl sites for hydroxylation is 1. The van der Waals surface area contributed by atoms with Crippen molar-refractivity contribution in [2.75, 3.05) is 12.4 Å². The van der Waals surface area contributed by atoms with Crippen LogP contribution in [0.25, 0.3) is 11.3 Å². The van der Waals surface area contributed by atoms with Gasteiger partial charge in [-0.15, -0.1) is 0 Å². The van der Waals surface area contributed by atoms with Crippen molar-refractivity contribution in [3.8, 4) is 11.3 Å². The molecule has 0 saturated heterocycles. The molecule has 6 nitrogen and oxygen atoms in total. The fourth-order valence-electron chi connectivity index (χ4n) is 1.73. The molecule has 1 N–H and O–H groups in total. The third-order valence-corrected chi connectivity index (χ3v) is 2.56. The molecule has 1 heterocycles. The lowest BCUT2D eigenvalue weighted by molar-refractivity contribution is -0.385. The van der Waals surface area contributed by atoms with Gasteiger partial charge in [-0.05, 0) is 19.1 Å². The van der Waals surface area contributed by atoms with Gasteiger partial charge in [0, 0.05) is 12.6 Å². The van der Waals surface area contributed by atoms with Crippen LogP contribution in [0.1, 0.15) is 5.69 Å². The Morgan fingerprint density at radius 2 is 2.11 bits per heavy atom. The molecule has 0 radical (unpaired) electrons. The molecule has 98 valence electrons. The summed E-state index contributed by atoms with van der Waals surface area (Å²) in [7, 11) is 1.61. The number of hydrogen-bond donors (Lipinski definition) is 1. The van der Waals surface area contributed by atoms with Gasteiger partial charge >= 0.3 is 5.69 Å². The first-order valence-electron chi connectivity index (χ1n) is 5.49. The molecule has 1 aromatic carbocycles. The lowest BCUT2D eigenvalue weighted by Crippen LogP contribution is -2.05. The Morgan fingerprint density at radius 3 is 2.68 bits per heavy atom. The van der Waals surface area contributed by atoms with E-state index in [9.17, 15) is 14.5 Å². The molecule has 0 amide bonds. The van der Waals surface area contributed by atoms with E-state index in [1.54, 1.807) is 13.1 Å². The quantitative estimate of drug-likeness (QED) is 0.679.